The minimum atomic E-state index is -1.23. The smallest absolute Gasteiger partial charge is 0.310 e. The van der Waals surface area contributed by atoms with E-state index in [1.165, 1.54) is 18.2 Å². The van der Waals surface area contributed by atoms with Gasteiger partial charge in [0.25, 0.3) is 0 Å². The van der Waals surface area contributed by atoms with Crippen LogP contribution in [-0.4, -0.2) is 37.7 Å². The fourth-order valence-electron chi connectivity index (χ4n) is 4.59. The molecule has 0 aliphatic carbocycles. The number of aromatic nitrogens is 2. The number of Topliss-reactive ketones (excluding diaryl/α,β-unsaturated/α-hetero) is 1. The van der Waals surface area contributed by atoms with Crippen LogP contribution in [0.25, 0.3) is 34.0 Å². The molecule has 2 heterocycles. The monoisotopic (exact) mass is 500 g/mol. The molecule has 0 saturated carbocycles. The third-order valence-electron chi connectivity index (χ3n) is 6.20. The first kappa shape index (κ1) is 26.0. The number of carboxylic acids is 1. The molecule has 1 atom stereocenters. The number of rotatable bonds is 9. The number of hydrogen-bond acceptors (Lipinski definition) is 4. The van der Waals surface area contributed by atoms with Crippen molar-refractivity contribution in [2.45, 2.75) is 45.6 Å². The molecule has 2 aromatic carbocycles. The molecule has 4 aromatic rings. The van der Waals surface area contributed by atoms with Gasteiger partial charge in [-0.05, 0) is 54.3 Å². The Morgan fingerprint density at radius 1 is 1.05 bits per heavy atom. The minimum Gasteiger partial charge on any atom is -0.481 e. The van der Waals surface area contributed by atoms with Crippen LogP contribution in [0.15, 0.2) is 66.7 Å². The first-order valence-electron chi connectivity index (χ1n) is 12.1. The number of aliphatic carboxylic acids is 1. The van der Waals surface area contributed by atoms with E-state index < -0.39 is 24.3 Å². The lowest BCUT2D eigenvalue weighted by Gasteiger charge is -2.19. The van der Waals surface area contributed by atoms with Gasteiger partial charge in [-0.2, -0.15) is 5.10 Å². The molecule has 0 amide bonds. The first-order valence-corrected chi connectivity index (χ1v) is 12.1. The molecule has 6 nitrogen and oxygen atoms in total. The van der Waals surface area contributed by atoms with Crippen LogP contribution in [0.2, 0.25) is 0 Å². The second-order valence-corrected chi connectivity index (χ2v) is 9.40. The van der Waals surface area contributed by atoms with Gasteiger partial charge in [0, 0.05) is 28.8 Å². The molecule has 2 N–H and O–H groups in total. The number of ketones is 1. The number of hydrogen-bond donors (Lipinski definition) is 2. The van der Waals surface area contributed by atoms with Crippen molar-refractivity contribution in [2.24, 2.45) is 0 Å². The molecule has 0 aliphatic rings. The summed E-state index contributed by atoms with van der Waals surface area (Å²) in [5, 5.41) is 24.3. The summed E-state index contributed by atoms with van der Waals surface area (Å²) in [6.45, 7) is 6.13. The van der Waals surface area contributed by atoms with Crippen LogP contribution < -0.4 is 0 Å². The van der Waals surface area contributed by atoms with Crippen LogP contribution in [-0.2, 0) is 9.59 Å². The van der Waals surface area contributed by atoms with Crippen molar-refractivity contribution in [1.82, 2.24) is 9.61 Å². The maximum absolute atomic E-state index is 13.7. The standard InChI is InChI=1S/C30H29FN2O4/c1-18(2)28-25(14-13-23(34)16-24(35)17-27(36)37)29(21-9-11-22(31)12-10-21)32-33-19(3)15-26(30(28)33)20-7-5-4-6-8-20/h4-15,18,23,34H,16-17H2,1-3H3,(H,36,37)/b14-13+. The lowest BCUT2D eigenvalue weighted by Crippen LogP contribution is -2.14. The topological polar surface area (TPSA) is 91.9 Å². The second kappa shape index (κ2) is 10.9. The third-order valence-corrected chi connectivity index (χ3v) is 6.20. The number of halogens is 1. The molecule has 190 valence electrons. The van der Waals surface area contributed by atoms with Crippen LogP contribution >= 0.6 is 0 Å². The molecule has 7 heteroatoms. The summed E-state index contributed by atoms with van der Waals surface area (Å²) in [6, 6.07) is 18.2. The Morgan fingerprint density at radius 2 is 1.73 bits per heavy atom. The Balaban J connectivity index is 1.95. The van der Waals surface area contributed by atoms with Gasteiger partial charge in [-0.1, -0.05) is 56.3 Å². The molecule has 0 aliphatic heterocycles. The fraction of sp³-hybridized carbons (Fsp3) is 0.233. The van der Waals surface area contributed by atoms with Crippen molar-refractivity contribution in [3.05, 3.63) is 89.4 Å². The van der Waals surface area contributed by atoms with Crippen molar-refractivity contribution in [3.8, 4) is 22.4 Å². The molecule has 0 saturated heterocycles. The zero-order valence-corrected chi connectivity index (χ0v) is 21.0. The van der Waals surface area contributed by atoms with Crippen LogP contribution in [0.3, 0.4) is 0 Å². The Morgan fingerprint density at radius 3 is 2.35 bits per heavy atom. The number of benzene rings is 2. The largest absolute Gasteiger partial charge is 0.481 e. The third kappa shape index (κ3) is 5.67. The van der Waals surface area contributed by atoms with Gasteiger partial charge in [0.15, 0.2) is 0 Å². The number of carboxylic acid groups (broad SMARTS) is 1. The summed E-state index contributed by atoms with van der Waals surface area (Å²) in [5.41, 5.74) is 6.98. The fourth-order valence-corrected chi connectivity index (χ4v) is 4.59. The molecule has 37 heavy (non-hydrogen) atoms. The van der Waals surface area contributed by atoms with E-state index in [4.69, 9.17) is 10.2 Å². The van der Waals surface area contributed by atoms with Crippen molar-refractivity contribution in [2.75, 3.05) is 0 Å². The number of carbonyl (C=O) groups is 2. The van der Waals surface area contributed by atoms with Crippen molar-refractivity contribution >= 4 is 23.3 Å². The zero-order chi connectivity index (χ0) is 26.7. The van der Waals surface area contributed by atoms with E-state index in [1.807, 2.05) is 41.8 Å². The molecule has 0 radical (unpaired) electrons. The highest BCUT2D eigenvalue weighted by Crippen LogP contribution is 2.39. The van der Waals surface area contributed by atoms with Gasteiger partial charge >= 0.3 is 5.97 Å². The highest BCUT2D eigenvalue weighted by Gasteiger charge is 2.23. The highest BCUT2D eigenvalue weighted by molar-refractivity contribution is 5.95. The van der Waals surface area contributed by atoms with Crippen molar-refractivity contribution in [1.29, 1.82) is 0 Å². The number of carbonyl (C=O) groups excluding carboxylic acids is 1. The van der Waals surface area contributed by atoms with Gasteiger partial charge in [0.05, 0.1) is 17.3 Å². The number of aliphatic hydroxyl groups excluding tert-OH is 1. The number of aryl methyl sites for hydroxylation is 1. The lowest BCUT2D eigenvalue weighted by atomic mass is 9.90. The summed E-state index contributed by atoms with van der Waals surface area (Å²) in [5.74, 6) is -2.10. The predicted octanol–water partition coefficient (Wildman–Crippen LogP) is 6.05. The molecular weight excluding hydrogens is 471 g/mol. The molecule has 2 aromatic heterocycles. The molecule has 0 spiro atoms. The second-order valence-electron chi connectivity index (χ2n) is 9.40. The van der Waals surface area contributed by atoms with Gasteiger partial charge in [0.1, 0.15) is 18.0 Å². The predicted molar refractivity (Wildman–Crippen MR) is 142 cm³/mol. The zero-order valence-electron chi connectivity index (χ0n) is 21.0. The molecular formula is C30H29FN2O4. The lowest BCUT2D eigenvalue weighted by molar-refractivity contribution is -0.140. The van der Waals surface area contributed by atoms with E-state index in [0.29, 0.717) is 11.3 Å². The van der Waals surface area contributed by atoms with Crippen molar-refractivity contribution < 1.29 is 24.2 Å². The SMILES string of the molecule is Cc1cc(-c2ccccc2)c2c(C(C)C)c(/C=C/C(O)CC(=O)CC(=O)O)c(-c3ccc(F)cc3)nn12. The highest BCUT2D eigenvalue weighted by atomic mass is 19.1. The Labute approximate surface area is 214 Å². The summed E-state index contributed by atoms with van der Waals surface area (Å²) in [4.78, 5) is 22.8. The van der Waals surface area contributed by atoms with E-state index in [-0.39, 0.29) is 18.2 Å². The average molecular weight is 501 g/mol. The van der Waals surface area contributed by atoms with Gasteiger partial charge in [-0.25, -0.2) is 8.91 Å². The Hall–Kier alpha value is -4.10. The maximum Gasteiger partial charge on any atom is 0.310 e. The van der Waals surface area contributed by atoms with Crippen LogP contribution in [0.4, 0.5) is 4.39 Å². The van der Waals surface area contributed by atoms with Gasteiger partial charge in [0.2, 0.25) is 0 Å². The minimum absolute atomic E-state index is 0.0481. The summed E-state index contributed by atoms with van der Waals surface area (Å²) < 4.78 is 15.6. The quantitative estimate of drug-likeness (QED) is 0.273. The van der Waals surface area contributed by atoms with E-state index in [9.17, 15) is 19.1 Å². The van der Waals surface area contributed by atoms with Crippen LogP contribution in [0, 0.1) is 12.7 Å². The normalized spacial score (nSPS) is 12.5. The van der Waals surface area contributed by atoms with Crippen LogP contribution in [0.1, 0.15) is 49.4 Å². The molecule has 0 bridgehead atoms. The van der Waals surface area contributed by atoms with E-state index in [0.717, 1.165) is 33.5 Å². The summed E-state index contributed by atoms with van der Waals surface area (Å²) >= 11 is 0. The summed E-state index contributed by atoms with van der Waals surface area (Å²) in [6.07, 6.45) is 1.12. The summed E-state index contributed by atoms with van der Waals surface area (Å²) in [7, 11) is 0. The number of aliphatic hydroxyl groups is 1. The average Bonchev–Trinajstić information content (AvgIpc) is 3.18. The number of fused-ring (bicyclic) bond motifs is 1. The van der Waals surface area contributed by atoms with Crippen LogP contribution in [0.5, 0.6) is 0 Å². The molecule has 1 unspecified atom stereocenters. The maximum atomic E-state index is 13.7. The van der Waals surface area contributed by atoms with Gasteiger partial charge in [-0.3, -0.25) is 9.59 Å². The Bertz CT molecular complexity index is 1470. The van der Waals surface area contributed by atoms with Gasteiger partial charge < -0.3 is 10.2 Å². The van der Waals surface area contributed by atoms with Crippen molar-refractivity contribution in [3.63, 3.8) is 0 Å². The number of nitrogens with zero attached hydrogens (tertiary/aromatic N) is 2. The first-order chi connectivity index (χ1) is 17.7. The van der Waals surface area contributed by atoms with Gasteiger partial charge in [-0.15, -0.1) is 0 Å². The van der Waals surface area contributed by atoms with E-state index in [2.05, 4.69) is 19.9 Å². The molecule has 0 fully saturated rings. The van der Waals surface area contributed by atoms with E-state index in [1.54, 1.807) is 18.2 Å². The Kier molecular flexibility index (Phi) is 7.64. The molecule has 4 rings (SSSR count). The van der Waals surface area contributed by atoms with E-state index >= 15 is 0 Å².